The molecule has 7 nitrogen and oxygen atoms in total. The van der Waals surface area contributed by atoms with Gasteiger partial charge in [-0.3, -0.25) is 9.48 Å². The van der Waals surface area contributed by atoms with Gasteiger partial charge in [-0.25, -0.2) is 0 Å². The number of carbonyl (C=O) groups excluding carboxylic acids is 1. The predicted molar refractivity (Wildman–Crippen MR) is 78.5 cm³/mol. The van der Waals surface area contributed by atoms with Gasteiger partial charge in [0, 0.05) is 20.1 Å². The molecule has 1 rings (SSSR count). The molecule has 20 heavy (non-hydrogen) atoms. The van der Waals surface area contributed by atoms with Crippen molar-refractivity contribution in [2.75, 3.05) is 32.9 Å². The number of aryl methyl sites for hydroxylation is 2. The van der Waals surface area contributed by atoms with Crippen LogP contribution in [-0.2, 0) is 13.5 Å². The van der Waals surface area contributed by atoms with Crippen LogP contribution in [0.4, 0.5) is 5.69 Å². The second kappa shape index (κ2) is 6.23. The number of aromatic nitrogens is 2. The maximum absolute atomic E-state index is 12.2. The summed E-state index contributed by atoms with van der Waals surface area (Å²) in [4.78, 5) is 14.0. The normalized spacial score (nSPS) is 14.3. The Morgan fingerprint density at radius 1 is 1.55 bits per heavy atom. The van der Waals surface area contributed by atoms with Gasteiger partial charge in [-0.05, 0) is 27.4 Å². The Kier molecular flexibility index (Phi) is 5.13. The van der Waals surface area contributed by atoms with Crippen LogP contribution in [0.15, 0.2) is 0 Å². The molecule has 4 N–H and O–H groups in total. The second-order valence-electron chi connectivity index (χ2n) is 5.60. The minimum atomic E-state index is -1.000. The molecule has 0 saturated carbocycles. The smallest absolute Gasteiger partial charge is 0.271 e. The maximum atomic E-state index is 12.2. The minimum Gasteiger partial charge on any atom is -0.395 e. The number of carbonyl (C=O) groups is 1. The summed E-state index contributed by atoms with van der Waals surface area (Å²) in [5, 5.41) is 17.1. The molecule has 0 bridgehead atoms. The number of rotatable bonds is 6. The molecule has 0 saturated heterocycles. The van der Waals surface area contributed by atoms with E-state index in [4.69, 9.17) is 5.73 Å². The summed E-state index contributed by atoms with van der Waals surface area (Å²) < 4.78 is 1.48. The first-order valence-electron chi connectivity index (χ1n) is 6.64. The lowest BCUT2D eigenvalue weighted by Gasteiger charge is -2.27. The van der Waals surface area contributed by atoms with E-state index >= 15 is 0 Å². The molecule has 1 aromatic rings. The SMILES string of the molecule is CCc1nn(C)c(C(=O)NCC(C)(O)CN(C)C)c1N. The van der Waals surface area contributed by atoms with Crippen molar-refractivity contribution in [3.63, 3.8) is 0 Å². The lowest BCUT2D eigenvalue weighted by Crippen LogP contribution is -2.47. The number of hydrogen-bond acceptors (Lipinski definition) is 5. The largest absolute Gasteiger partial charge is 0.395 e. The van der Waals surface area contributed by atoms with Crippen LogP contribution in [0.3, 0.4) is 0 Å². The van der Waals surface area contributed by atoms with Gasteiger partial charge in [-0.1, -0.05) is 6.92 Å². The van der Waals surface area contributed by atoms with Gasteiger partial charge in [0.15, 0.2) is 0 Å². The molecule has 7 heteroatoms. The summed E-state index contributed by atoms with van der Waals surface area (Å²) in [7, 11) is 5.41. The summed E-state index contributed by atoms with van der Waals surface area (Å²) >= 11 is 0. The number of likely N-dealkylation sites (N-methyl/N-ethyl adjacent to an activating group) is 1. The molecule has 0 fully saturated rings. The fourth-order valence-corrected chi connectivity index (χ4v) is 2.22. The van der Waals surface area contributed by atoms with E-state index < -0.39 is 5.60 Å². The zero-order valence-corrected chi connectivity index (χ0v) is 12.9. The van der Waals surface area contributed by atoms with Crippen LogP contribution in [0.2, 0.25) is 0 Å². The fraction of sp³-hybridized carbons (Fsp3) is 0.692. The van der Waals surface area contributed by atoms with Crippen LogP contribution in [0.1, 0.15) is 30.0 Å². The van der Waals surface area contributed by atoms with E-state index in [9.17, 15) is 9.90 Å². The molecule has 0 radical (unpaired) electrons. The van der Waals surface area contributed by atoms with Gasteiger partial charge in [-0.2, -0.15) is 5.10 Å². The van der Waals surface area contributed by atoms with Crippen LogP contribution in [0.5, 0.6) is 0 Å². The van der Waals surface area contributed by atoms with E-state index in [1.54, 1.807) is 14.0 Å². The van der Waals surface area contributed by atoms with Crippen molar-refractivity contribution < 1.29 is 9.90 Å². The van der Waals surface area contributed by atoms with E-state index in [0.717, 1.165) is 0 Å². The number of nitrogens with one attached hydrogen (secondary N) is 1. The Labute approximate surface area is 119 Å². The van der Waals surface area contributed by atoms with Crippen LogP contribution in [0, 0.1) is 0 Å². The molecule has 0 aliphatic carbocycles. The fourth-order valence-electron chi connectivity index (χ4n) is 2.22. The van der Waals surface area contributed by atoms with Crippen molar-refractivity contribution in [1.82, 2.24) is 20.0 Å². The zero-order valence-electron chi connectivity index (χ0n) is 12.9. The molecule has 114 valence electrons. The van der Waals surface area contributed by atoms with Crippen molar-refractivity contribution in [3.05, 3.63) is 11.4 Å². The van der Waals surface area contributed by atoms with Crippen molar-refractivity contribution >= 4 is 11.6 Å². The van der Waals surface area contributed by atoms with Crippen molar-refractivity contribution in [2.45, 2.75) is 25.9 Å². The summed E-state index contributed by atoms with van der Waals surface area (Å²) in [6.45, 7) is 4.21. The van der Waals surface area contributed by atoms with E-state index in [-0.39, 0.29) is 12.5 Å². The van der Waals surface area contributed by atoms with Gasteiger partial charge < -0.3 is 21.1 Å². The quantitative estimate of drug-likeness (QED) is 0.660. The summed E-state index contributed by atoms with van der Waals surface area (Å²) in [5.74, 6) is -0.323. The first-order valence-corrected chi connectivity index (χ1v) is 6.64. The predicted octanol–water partition coefficient (Wildman–Crippen LogP) is -0.393. The average Bonchev–Trinajstić information content (AvgIpc) is 2.60. The molecule has 1 heterocycles. The molecular formula is C13H25N5O2. The monoisotopic (exact) mass is 283 g/mol. The lowest BCUT2D eigenvalue weighted by atomic mass is 10.1. The Bertz CT molecular complexity index is 479. The third-order valence-electron chi connectivity index (χ3n) is 3.00. The van der Waals surface area contributed by atoms with Crippen LogP contribution in [-0.4, -0.2) is 58.5 Å². The Hall–Kier alpha value is -1.60. The molecule has 0 aliphatic heterocycles. The first-order chi connectivity index (χ1) is 9.18. The van der Waals surface area contributed by atoms with Crippen LogP contribution in [0.25, 0.3) is 0 Å². The van der Waals surface area contributed by atoms with Gasteiger partial charge >= 0.3 is 0 Å². The zero-order chi connectivity index (χ0) is 15.5. The van der Waals surface area contributed by atoms with E-state index in [2.05, 4.69) is 10.4 Å². The van der Waals surface area contributed by atoms with E-state index in [1.807, 2.05) is 25.9 Å². The number of nitrogens with two attached hydrogens (primary N) is 1. The number of aliphatic hydroxyl groups is 1. The minimum absolute atomic E-state index is 0.149. The van der Waals surface area contributed by atoms with Crippen LogP contribution < -0.4 is 11.1 Å². The molecule has 0 aliphatic rings. The van der Waals surface area contributed by atoms with Crippen LogP contribution >= 0.6 is 0 Å². The number of nitrogen functional groups attached to an aromatic ring is 1. The number of amides is 1. The van der Waals surface area contributed by atoms with Gasteiger partial charge in [0.05, 0.1) is 17.0 Å². The average molecular weight is 283 g/mol. The van der Waals surface area contributed by atoms with Gasteiger partial charge in [0.25, 0.3) is 5.91 Å². The second-order valence-corrected chi connectivity index (χ2v) is 5.60. The molecule has 1 atom stereocenters. The molecule has 1 aromatic heterocycles. The highest BCUT2D eigenvalue weighted by atomic mass is 16.3. The maximum Gasteiger partial charge on any atom is 0.271 e. The highest BCUT2D eigenvalue weighted by molar-refractivity contribution is 5.98. The third kappa shape index (κ3) is 3.94. The number of anilines is 1. The Balaban J connectivity index is 2.75. The highest BCUT2D eigenvalue weighted by Crippen LogP contribution is 2.16. The summed E-state index contributed by atoms with van der Waals surface area (Å²) in [5.41, 5.74) is 6.37. The number of nitrogens with zero attached hydrogens (tertiary/aromatic N) is 3. The molecule has 1 unspecified atom stereocenters. The standard InChI is InChI=1S/C13H25N5O2/c1-6-9-10(14)11(18(5)16-9)12(19)15-7-13(2,20)8-17(3)4/h20H,6-8,14H2,1-5H3,(H,15,19). The highest BCUT2D eigenvalue weighted by Gasteiger charge is 2.25. The van der Waals surface area contributed by atoms with Crippen molar-refractivity contribution in [2.24, 2.45) is 7.05 Å². The molecule has 0 aromatic carbocycles. The van der Waals surface area contributed by atoms with E-state index in [1.165, 1.54) is 4.68 Å². The lowest BCUT2D eigenvalue weighted by molar-refractivity contribution is 0.0324. The van der Waals surface area contributed by atoms with Gasteiger partial charge in [0.2, 0.25) is 0 Å². The topological polar surface area (TPSA) is 96.4 Å². The third-order valence-corrected chi connectivity index (χ3v) is 3.00. The van der Waals surface area contributed by atoms with Gasteiger partial charge in [-0.15, -0.1) is 0 Å². The van der Waals surface area contributed by atoms with Crippen molar-refractivity contribution in [3.8, 4) is 0 Å². The summed E-state index contributed by atoms with van der Waals surface area (Å²) in [6.07, 6.45) is 0.672. The molecule has 0 spiro atoms. The van der Waals surface area contributed by atoms with Gasteiger partial charge in [0.1, 0.15) is 5.69 Å². The first kappa shape index (κ1) is 16.5. The van der Waals surface area contributed by atoms with Crippen molar-refractivity contribution in [1.29, 1.82) is 0 Å². The number of hydrogen-bond donors (Lipinski definition) is 3. The molecule has 1 amide bonds. The summed E-state index contributed by atoms with van der Waals surface area (Å²) in [6, 6.07) is 0. The Morgan fingerprint density at radius 3 is 2.60 bits per heavy atom. The van der Waals surface area contributed by atoms with E-state index in [0.29, 0.717) is 30.0 Å². The molecular weight excluding hydrogens is 258 g/mol. The Morgan fingerprint density at radius 2 is 2.15 bits per heavy atom.